The lowest BCUT2D eigenvalue weighted by molar-refractivity contribution is 0.273. The van der Waals surface area contributed by atoms with Gasteiger partial charge in [0.25, 0.3) is 0 Å². The average molecular weight is 532 g/mol. The normalized spacial score (nSPS) is 11.2. The van der Waals surface area contributed by atoms with Crippen LogP contribution in [0.3, 0.4) is 0 Å². The Bertz CT molecular complexity index is 1570. The summed E-state index contributed by atoms with van der Waals surface area (Å²) in [6.07, 6.45) is 1.62. The smallest absolute Gasteiger partial charge is 0.238 e. The molecule has 7 N–H and O–H groups in total. The summed E-state index contributed by atoms with van der Waals surface area (Å²) in [7, 11) is -3.89. The second-order valence-corrected chi connectivity index (χ2v) is 10.2. The van der Waals surface area contributed by atoms with E-state index in [0.717, 1.165) is 16.8 Å². The molecule has 0 fully saturated rings. The first-order valence-electron chi connectivity index (χ1n) is 11.8. The van der Waals surface area contributed by atoms with Gasteiger partial charge in [0.15, 0.2) is 0 Å². The van der Waals surface area contributed by atoms with Crippen molar-refractivity contribution in [2.75, 3.05) is 5.32 Å². The van der Waals surface area contributed by atoms with Gasteiger partial charge in [0.1, 0.15) is 18.2 Å². The van der Waals surface area contributed by atoms with Crippen molar-refractivity contribution in [3.63, 3.8) is 0 Å². The van der Waals surface area contributed by atoms with Gasteiger partial charge in [0.05, 0.1) is 17.2 Å². The van der Waals surface area contributed by atoms with E-state index < -0.39 is 10.0 Å². The highest BCUT2D eigenvalue weighted by atomic mass is 32.2. The van der Waals surface area contributed by atoms with E-state index in [1.165, 1.54) is 6.07 Å². The Hall–Kier alpha value is -4.25. The number of nitrogen functional groups attached to an aromatic ring is 1. The molecule has 0 saturated carbocycles. The maximum absolute atomic E-state index is 12.1. The molecule has 0 saturated heterocycles. The minimum absolute atomic E-state index is 0.00118. The first-order valence-corrected chi connectivity index (χ1v) is 13.3. The molecule has 3 aromatic carbocycles. The number of aromatic nitrogens is 1. The quantitative estimate of drug-likeness (QED) is 0.154. The van der Waals surface area contributed by atoms with Gasteiger partial charge in [0, 0.05) is 40.7 Å². The number of hydrogen-bond acceptors (Lipinski definition) is 7. The van der Waals surface area contributed by atoms with Gasteiger partial charge >= 0.3 is 0 Å². The molecule has 0 atom stereocenters. The van der Waals surface area contributed by atoms with Crippen molar-refractivity contribution in [2.45, 2.75) is 31.6 Å². The molecule has 10 heteroatoms. The molecule has 0 spiro atoms. The van der Waals surface area contributed by atoms with Gasteiger partial charge in [-0.3, -0.25) is 10.4 Å². The molecule has 0 radical (unpaired) electrons. The SMILES string of the molecule is Cc1ncc(CO)c(CNc2cccc(-c3ccccc3S(N)(=O)=O)c2)c1OCc1ccc(C(=N)N)cc1. The van der Waals surface area contributed by atoms with Crippen molar-refractivity contribution in [3.05, 3.63) is 107 Å². The maximum Gasteiger partial charge on any atom is 0.238 e. The number of amidine groups is 1. The van der Waals surface area contributed by atoms with Crippen LogP contribution in [-0.4, -0.2) is 24.3 Å². The van der Waals surface area contributed by atoms with Crippen LogP contribution in [0, 0.1) is 12.3 Å². The van der Waals surface area contributed by atoms with Gasteiger partial charge in [-0.15, -0.1) is 0 Å². The molecule has 1 heterocycles. The molecule has 0 unspecified atom stereocenters. The lowest BCUT2D eigenvalue weighted by atomic mass is 10.0. The van der Waals surface area contributed by atoms with Crippen LogP contribution in [0.2, 0.25) is 0 Å². The lowest BCUT2D eigenvalue weighted by Crippen LogP contribution is -2.13. The molecule has 196 valence electrons. The molecule has 0 bridgehead atoms. The van der Waals surface area contributed by atoms with Crippen LogP contribution in [0.1, 0.15) is 27.9 Å². The third-order valence-electron chi connectivity index (χ3n) is 6.06. The number of pyridine rings is 1. The van der Waals surface area contributed by atoms with E-state index in [-0.39, 0.29) is 23.9 Å². The maximum atomic E-state index is 12.1. The van der Waals surface area contributed by atoms with E-state index in [1.807, 2.05) is 43.3 Å². The predicted octanol–water partition coefficient (Wildman–Crippen LogP) is 3.67. The molecule has 4 rings (SSSR count). The summed E-state index contributed by atoms with van der Waals surface area (Å²) in [5, 5.41) is 26.3. The zero-order valence-electron chi connectivity index (χ0n) is 20.8. The Labute approximate surface area is 221 Å². The minimum Gasteiger partial charge on any atom is -0.487 e. The van der Waals surface area contributed by atoms with Gasteiger partial charge < -0.3 is 20.9 Å². The Morgan fingerprint density at radius 2 is 1.82 bits per heavy atom. The zero-order chi connectivity index (χ0) is 27.3. The Balaban J connectivity index is 1.58. The second kappa shape index (κ2) is 11.4. The molecule has 0 amide bonds. The largest absolute Gasteiger partial charge is 0.487 e. The van der Waals surface area contributed by atoms with Crippen LogP contribution in [0.25, 0.3) is 11.1 Å². The molecule has 1 aromatic heterocycles. The number of nitrogens with two attached hydrogens (primary N) is 2. The number of nitrogens with zero attached hydrogens (tertiary/aromatic N) is 1. The summed E-state index contributed by atoms with van der Waals surface area (Å²) in [6.45, 7) is 2.22. The first kappa shape index (κ1) is 26.8. The van der Waals surface area contributed by atoms with Crippen LogP contribution in [0.15, 0.2) is 83.9 Å². The number of ether oxygens (including phenoxy) is 1. The highest BCUT2D eigenvalue weighted by Gasteiger charge is 2.16. The third kappa shape index (κ3) is 6.17. The number of nitrogens with one attached hydrogen (secondary N) is 2. The number of primary sulfonamides is 1. The summed E-state index contributed by atoms with van der Waals surface area (Å²) in [5.41, 5.74) is 11.1. The molecule has 4 aromatic rings. The fourth-order valence-corrected chi connectivity index (χ4v) is 4.83. The fourth-order valence-electron chi connectivity index (χ4n) is 4.07. The average Bonchev–Trinajstić information content (AvgIpc) is 2.91. The first-order chi connectivity index (χ1) is 18.2. The van der Waals surface area contributed by atoms with Crippen LogP contribution in [0.5, 0.6) is 5.75 Å². The van der Waals surface area contributed by atoms with Crippen molar-refractivity contribution >= 4 is 21.5 Å². The van der Waals surface area contributed by atoms with Gasteiger partial charge in [-0.05, 0) is 36.2 Å². The third-order valence-corrected chi connectivity index (χ3v) is 7.03. The Morgan fingerprint density at radius 3 is 2.50 bits per heavy atom. The van der Waals surface area contributed by atoms with E-state index in [9.17, 15) is 13.5 Å². The van der Waals surface area contributed by atoms with E-state index in [1.54, 1.807) is 36.5 Å². The van der Waals surface area contributed by atoms with Crippen molar-refractivity contribution in [1.82, 2.24) is 4.98 Å². The van der Waals surface area contributed by atoms with Gasteiger partial charge in [-0.1, -0.05) is 54.6 Å². The molecule has 38 heavy (non-hydrogen) atoms. The van der Waals surface area contributed by atoms with Crippen LogP contribution in [0.4, 0.5) is 5.69 Å². The highest BCUT2D eigenvalue weighted by Crippen LogP contribution is 2.30. The predicted molar refractivity (Wildman–Crippen MR) is 147 cm³/mol. The number of aryl methyl sites for hydroxylation is 1. The number of sulfonamides is 1. The van der Waals surface area contributed by atoms with Crippen LogP contribution < -0.4 is 20.9 Å². The van der Waals surface area contributed by atoms with E-state index >= 15 is 0 Å². The molecular weight excluding hydrogens is 502 g/mol. The van der Waals surface area contributed by atoms with Gasteiger partial charge in [0.2, 0.25) is 10.0 Å². The van der Waals surface area contributed by atoms with E-state index in [2.05, 4.69) is 10.3 Å². The summed E-state index contributed by atoms with van der Waals surface area (Å²) < 4.78 is 30.3. The number of aliphatic hydroxyl groups is 1. The van der Waals surface area contributed by atoms with E-state index in [0.29, 0.717) is 40.2 Å². The topological polar surface area (TPSA) is 164 Å². The van der Waals surface area contributed by atoms with Gasteiger partial charge in [-0.25, -0.2) is 13.6 Å². The summed E-state index contributed by atoms with van der Waals surface area (Å²) >= 11 is 0. The minimum atomic E-state index is -3.89. The van der Waals surface area contributed by atoms with Gasteiger partial charge in [-0.2, -0.15) is 0 Å². The van der Waals surface area contributed by atoms with Crippen molar-refractivity contribution in [1.29, 1.82) is 5.41 Å². The number of hydrogen-bond donors (Lipinski definition) is 5. The standard InChI is InChI=1S/C28H29N5O4S/c1-18-27(37-17-19-9-11-20(12-10-19)28(29)30)25(22(16-34)14-32-18)15-33-23-6-4-5-21(13-23)24-7-2-3-8-26(24)38(31,35)36/h2-14,33-34H,15-17H2,1H3,(H3,29,30)(H2,31,35,36). The number of aliphatic hydroxyl groups excluding tert-OH is 1. The fraction of sp³-hybridized carbons (Fsp3) is 0.143. The summed E-state index contributed by atoms with van der Waals surface area (Å²) in [4.78, 5) is 4.43. The summed E-state index contributed by atoms with van der Waals surface area (Å²) in [5.74, 6) is 0.564. The Kier molecular flexibility index (Phi) is 8.06. The highest BCUT2D eigenvalue weighted by molar-refractivity contribution is 7.89. The molecule has 0 aliphatic rings. The monoisotopic (exact) mass is 531 g/mol. The lowest BCUT2D eigenvalue weighted by Gasteiger charge is -2.18. The number of benzene rings is 3. The van der Waals surface area contributed by atoms with Crippen LogP contribution in [-0.2, 0) is 29.8 Å². The summed E-state index contributed by atoms with van der Waals surface area (Å²) in [6, 6.07) is 21.2. The molecular formula is C28H29N5O4S. The zero-order valence-corrected chi connectivity index (χ0v) is 21.6. The molecule has 9 nitrogen and oxygen atoms in total. The van der Waals surface area contributed by atoms with Crippen molar-refractivity contribution in [2.24, 2.45) is 10.9 Å². The second-order valence-electron chi connectivity index (χ2n) is 8.71. The molecule has 0 aliphatic carbocycles. The van der Waals surface area contributed by atoms with Crippen molar-refractivity contribution < 1.29 is 18.3 Å². The van der Waals surface area contributed by atoms with Crippen LogP contribution >= 0.6 is 0 Å². The van der Waals surface area contributed by atoms with E-state index in [4.69, 9.17) is 21.0 Å². The van der Waals surface area contributed by atoms with Crippen molar-refractivity contribution in [3.8, 4) is 16.9 Å². The molecule has 0 aliphatic heterocycles. The number of rotatable bonds is 10. The Morgan fingerprint density at radius 1 is 1.08 bits per heavy atom. The number of anilines is 1.